The largest absolute Gasteiger partial charge is 0.397 e. The molecular weight excluding hydrogens is 220 g/mol. The second-order valence-corrected chi connectivity index (χ2v) is 4.98. The van der Waals surface area contributed by atoms with Crippen LogP contribution in [0.15, 0.2) is 18.2 Å². The molecule has 1 saturated heterocycles. The summed E-state index contributed by atoms with van der Waals surface area (Å²) in [5.74, 6) is 0. The zero-order chi connectivity index (χ0) is 11.7. The molecule has 3 heteroatoms. The minimum Gasteiger partial charge on any atom is -0.397 e. The molecule has 2 unspecified atom stereocenters. The van der Waals surface area contributed by atoms with Crippen LogP contribution in [0.25, 0.3) is 0 Å². The summed E-state index contributed by atoms with van der Waals surface area (Å²) in [6.07, 6.45) is 3.61. The molecule has 1 aromatic carbocycles. The monoisotopic (exact) mass is 238 g/mol. The van der Waals surface area contributed by atoms with Gasteiger partial charge < -0.3 is 10.6 Å². The normalized spacial score (nSPS) is 25.1. The molecule has 1 aliphatic rings. The van der Waals surface area contributed by atoms with Crippen molar-refractivity contribution in [1.82, 2.24) is 0 Å². The van der Waals surface area contributed by atoms with Gasteiger partial charge in [0.2, 0.25) is 0 Å². The lowest BCUT2D eigenvalue weighted by Crippen LogP contribution is -2.34. The highest BCUT2D eigenvalue weighted by Crippen LogP contribution is 2.39. The van der Waals surface area contributed by atoms with E-state index in [1.54, 1.807) is 0 Å². The molecule has 16 heavy (non-hydrogen) atoms. The fraction of sp³-hybridized carbons (Fsp3) is 0.538. The number of hydrogen-bond donors (Lipinski definition) is 1. The number of hydrogen-bond acceptors (Lipinski definition) is 2. The maximum atomic E-state index is 6.28. The first-order chi connectivity index (χ1) is 7.65. The lowest BCUT2D eigenvalue weighted by molar-refractivity contribution is 0.629. The van der Waals surface area contributed by atoms with Crippen LogP contribution in [0.4, 0.5) is 11.4 Å². The van der Waals surface area contributed by atoms with Crippen molar-refractivity contribution in [3.05, 3.63) is 23.2 Å². The zero-order valence-corrected chi connectivity index (χ0v) is 10.7. The van der Waals surface area contributed by atoms with Crippen LogP contribution in [-0.2, 0) is 0 Å². The Bertz CT molecular complexity index is 358. The molecule has 2 atom stereocenters. The predicted molar refractivity (Wildman–Crippen MR) is 71.1 cm³/mol. The lowest BCUT2D eigenvalue weighted by atomic mass is 10.1. The quantitative estimate of drug-likeness (QED) is 0.797. The summed E-state index contributed by atoms with van der Waals surface area (Å²) in [6, 6.07) is 6.87. The molecule has 0 saturated carbocycles. The highest BCUT2D eigenvalue weighted by molar-refractivity contribution is 6.34. The summed E-state index contributed by atoms with van der Waals surface area (Å²) >= 11 is 6.28. The lowest BCUT2D eigenvalue weighted by Gasteiger charge is -2.32. The first kappa shape index (κ1) is 11.6. The fourth-order valence-electron chi connectivity index (χ4n) is 2.68. The van der Waals surface area contributed by atoms with E-state index in [2.05, 4.69) is 18.7 Å². The van der Waals surface area contributed by atoms with Gasteiger partial charge in [-0.15, -0.1) is 0 Å². The molecule has 1 aliphatic heterocycles. The number of benzene rings is 1. The summed E-state index contributed by atoms with van der Waals surface area (Å²) in [6.45, 7) is 4.47. The van der Waals surface area contributed by atoms with Gasteiger partial charge in [-0.05, 0) is 38.3 Å². The van der Waals surface area contributed by atoms with Gasteiger partial charge in [0.1, 0.15) is 0 Å². The van der Waals surface area contributed by atoms with E-state index < -0.39 is 0 Å². The van der Waals surface area contributed by atoms with Gasteiger partial charge in [-0.25, -0.2) is 0 Å². The Morgan fingerprint density at radius 2 is 2.19 bits per heavy atom. The second kappa shape index (κ2) is 4.54. The Morgan fingerprint density at radius 3 is 2.81 bits per heavy atom. The van der Waals surface area contributed by atoms with Crippen molar-refractivity contribution < 1.29 is 0 Å². The second-order valence-electron chi connectivity index (χ2n) is 4.57. The van der Waals surface area contributed by atoms with Crippen molar-refractivity contribution >= 4 is 23.0 Å². The Balaban J connectivity index is 2.42. The van der Waals surface area contributed by atoms with E-state index in [-0.39, 0.29) is 0 Å². The van der Waals surface area contributed by atoms with E-state index >= 15 is 0 Å². The minimum absolute atomic E-state index is 0.534. The van der Waals surface area contributed by atoms with Crippen molar-refractivity contribution in [3.8, 4) is 0 Å². The number of halogens is 1. The number of rotatable bonds is 2. The summed E-state index contributed by atoms with van der Waals surface area (Å²) in [7, 11) is 0. The SMILES string of the molecule is CCC1CCC(C)N1c1c(N)cccc1Cl. The van der Waals surface area contributed by atoms with Crippen LogP contribution < -0.4 is 10.6 Å². The molecule has 0 radical (unpaired) electrons. The van der Waals surface area contributed by atoms with E-state index in [1.165, 1.54) is 12.8 Å². The molecule has 0 spiro atoms. The van der Waals surface area contributed by atoms with Crippen LogP contribution in [-0.4, -0.2) is 12.1 Å². The van der Waals surface area contributed by atoms with E-state index in [0.29, 0.717) is 12.1 Å². The minimum atomic E-state index is 0.534. The van der Waals surface area contributed by atoms with Crippen LogP contribution >= 0.6 is 11.6 Å². The van der Waals surface area contributed by atoms with Gasteiger partial charge in [0.15, 0.2) is 0 Å². The van der Waals surface area contributed by atoms with Gasteiger partial charge in [-0.3, -0.25) is 0 Å². The molecule has 2 rings (SSSR count). The van der Waals surface area contributed by atoms with Gasteiger partial charge in [-0.2, -0.15) is 0 Å². The van der Waals surface area contributed by atoms with Crippen molar-refractivity contribution in [1.29, 1.82) is 0 Å². The number of anilines is 2. The number of nitrogens with zero attached hydrogens (tertiary/aromatic N) is 1. The molecule has 1 aromatic rings. The first-order valence-corrected chi connectivity index (χ1v) is 6.35. The summed E-state index contributed by atoms with van der Waals surface area (Å²) in [5.41, 5.74) is 7.87. The Kier molecular flexibility index (Phi) is 3.29. The smallest absolute Gasteiger partial charge is 0.0794 e. The molecule has 0 aliphatic carbocycles. The van der Waals surface area contributed by atoms with Crippen LogP contribution in [0.2, 0.25) is 5.02 Å². The Morgan fingerprint density at radius 1 is 1.44 bits per heavy atom. The van der Waals surface area contributed by atoms with E-state index in [9.17, 15) is 0 Å². The number of nitrogens with two attached hydrogens (primary N) is 1. The molecule has 2 N–H and O–H groups in total. The van der Waals surface area contributed by atoms with Gasteiger partial charge in [0.25, 0.3) is 0 Å². The van der Waals surface area contributed by atoms with E-state index in [1.807, 2.05) is 18.2 Å². The molecule has 1 fully saturated rings. The zero-order valence-electron chi connectivity index (χ0n) is 9.91. The standard InChI is InChI=1S/C13H19ClN2/c1-3-10-8-7-9(2)16(10)13-11(14)5-4-6-12(13)15/h4-6,9-10H,3,7-8,15H2,1-2H3. The van der Waals surface area contributed by atoms with Crippen molar-refractivity contribution in [2.75, 3.05) is 10.6 Å². The molecule has 1 heterocycles. The third-order valence-electron chi connectivity index (χ3n) is 3.53. The molecule has 0 amide bonds. The molecule has 2 nitrogen and oxygen atoms in total. The summed E-state index contributed by atoms with van der Waals surface area (Å²) in [5, 5.41) is 0.771. The molecule has 0 bridgehead atoms. The van der Waals surface area contributed by atoms with Gasteiger partial charge in [0, 0.05) is 12.1 Å². The van der Waals surface area contributed by atoms with E-state index in [0.717, 1.165) is 22.8 Å². The highest BCUT2D eigenvalue weighted by atomic mass is 35.5. The maximum absolute atomic E-state index is 6.28. The van der Waals surface area contributed by atoms with Crippen molar-refractivity contribution in [2.24, 2.45) is 0 Å². The number of para-hydroxylation sites is 1. The fourth-order valence-corrected chi connectivity index (χ4v) is 2.96. The van der Waals surface area contributed by atoms with Crippen LogP contribution in [0.5, 0.6) is 0 Å². The van der Waals surface area contributed by atoms with E-state index in [4.69, 9.17) is 17.3 Å². The van der Waals surface area contributed by atoms with Gasteiger partial charge in [0.05, 0.1) is 16.4 Å². The molecular formula is C13H19ClN2. The third kappa shape index (κ3) is 1.86. The summed E-state index contributed by atoms with van der Waals surface area (Å²) in [4.78, 5) is 2.40. The van der Waals surface area contributed by atoms with Crippen LogP contribution in [0, 0.1) is 0 Å². The molecule has 88 valence electrons. The maximum Gasteiger partial charge on any atom is 0.0794 e. The predicted octanol–water partition coefficient (Wildman–Crippen LogP) is 3.69. The molecule has 0 aromatic heterocycles. The Hall–Kier alpha value is -0.890. The van der Waals surface area contributed by atoms with Crippen molar-refractivity contribution in [3.63, 3.8) is 0 Å². The average molecular weight is 239 g/mol. The number of nitrogen functional groups attached to an aromatic ring is 1. The first-order valence-electron chi connectivity index (χ1n) is 5.97. The topological polar surface area (TPSA) is 29.3 Å². The third-order valence-corrected chi connectivity index (χ3v) is 3.84. The highest BCUT2D eigenvalue weighted by Gasteiger charge is 2.31. The average Bonchev–Trinajstić information content (AvgIpc) is 2.60. The van der Waals surface area contributed by atoms with Crippen molar-refractivity contribution in [2.45, 2.75) is 45.2 Å². The van der Waals surface area contributed by atoms with Crippen LogP contribution in [0.3, 0.4) is 0 Å². The van der Waals surface area contributed by atoms with Gasteiger partial charge >= 0.3 is 0 Å². The Labute approximate surface area is 102 Å². The summed E-state index contributed by atoms with van der Waals surface area (Å²) < 4.78 is 0. The van der Waals surface area contributed by atoms with Crippen LogP contribution in [0.1, 0.15) is 33.1 Å². The van der Waals surface area contributed by atoms with Gasteiger partial charge in [-0.1, -0.05) is 24.6 Å².